The maximum atomic E-state index is 14.4. The number of aliphatic hydroxyl groups is 2. The van der Waals surface area contributed by atoms with Crippen LogP contribution in [0.25, 0.3) is 0 Å². The van der Waals surface area contributed by atoms with E-state index in [1.807, 2.05) is 7.05 Å². The van der Waals surface area contributed by atoms with Gasteiger partial charge in [-0.3, -0.25) is 0 Å². The lowest BCUT2D eigenvalue weighted by atomic mass is 9.49. The standard InChI is InChI=1S/C20H30FNO2/c1-19-7-6-12(23)8-11(19)4-5-13-14-9-15(21)18(24)20(14,2)10-16(22-3)17(13)19/h4-5,12,14-18,22-24H,6-10H2,1-3H3/t12?,14-,15?,16?,17-,18?,19-,20-/m0/s1. The van der Waals surface area contributed by atoms with Gasteiger partial charge in [0.1, 0.15) is 6.17 Å². The first-order valence-electron chi connectivity index (χ1n) is 9.40. The quantitative estimate of drug-likeness (QED) is 0.691. The van der Waals surface area contributed by atoms with Crippen LogP contribution in [0, 0.1) is 22.7 Å². The summed E-state index contributed by atoms with van der Waals surface area (Å²) in [5.74, 6) is 0.462. The third-order valence-corrected chi connectivity index (χ3v) is 7.82. The maximum absolute atomic E-state index is 14.4. The Morgan fingerprint density at radius 3 is 2.71 bits per heavy atom. The second kappa shape index (κ2) is 5.39. The van der Waals surface area contributed by atoms with Crippen molar-refractivity contribution in [2.45, 2.75) is 70.4 Å². The molecule has 24 heavy (non-hydrogen) atoms. The summed E-state index contributed by atoms with van der Waals surface area (Å²) in [6, 6.07) is 0.237. The van der Waals surface area contributed by atoms with Crippen molar-refractivity contribution in [1.29, 1.82) is 0 Å². The van der Waals surface area contributed by atoms with E-state index in [9.17, 15) is 14.6 Å². The summed E-state index contributed by atoms with van der Waals surface area (Å²) in [6.07, 6.45) is 5.97. The molecule has 0 heterocycles. The molecule has 134 valence electrons. The van der Waals surface area contributed by atoms with Crippen LogP contribution in [-0.2, 0) is 0 Å². The molecule has 0 saturated heterocycles. The van der Waals surface area contributed by atoms with Crippen molar-refractivity contribution in [2.75, 3.05) is 7.05 Å². The van der Waals surface area contributed by atoms with Gasteiger partial charge in [0.25, 0.3) is 0 Å². The minimum atomic E-state index is -1.12. The molecule has 4 heteroatoms. The van der Waals surface area contributed by atoms with Crippen molar-refractivity contribution < 1.29 is 14.6 Å². The van der Waals surface area contributed by atoms with Crippen molar-refractivity contribution >= 4 is 0 Å². The molecule has 0 aromatic carbocycles. The largest absolute Gasteiger partial charge is 0.393 e. The molecule has 0 aromatic heterocycles. The van der Waals surface area contributed by atoms with Crippen LogP contribution in [0.4, 0.5) is 4.39 Å². The van der Waals surface area contributed by atoms with Crippen LogP contribution in [0.5, 0.6) is 0 Å². The number of allylic oxidation sites excluding steroid dienone is 2. The summed E-state index contributed by atoms with van der Waals surface area (Å²) in [7, 11) is 1.99. The van der Waals surface area contributed by atoms with Gasteiger partial charge in [-0.2, -0.15) is 0 Å². The van der Waals surface area contributed by atoms with Crippen LogP contribution >= 0.6 is 0 Å². The van der Waals surface area contributed by atoms with Crippen molar-refractivity contribution in [3.05, 3.63) is 23.3 Å². The summed E-state index contributed by atoms with van der Waals surface area (Å²) in [5, 5.41) is 24.1. The van der Waals surface area contributed by atoms with E-state index in [2.05, 4.69) is 31.3 Å². The molecule has 3 nitrogen and oxygen atoms in total. The summed E-state index contributed by atoms with van der Waals surface area (Å²) in [5.41, 5.74) is 2.32. The van der Waals surface area contributed by atoms with E-state index < -0.39 is 12.3 Å². The Hall–Kier alpha value is -0.710. The molecule has 0 aromatic rings. The molecule has 3 saturated carbocycles. The van der Waals surface area contributed by atoms with Gasteiger partial charge >= 0.3 is 0 Å². The van der Waals surface area contributed by atoms with Gasteiger partial charge < -0.3 is 15.5 Å². The molecule has 3 N–H and O–H groups in total. The van der Waals surface area contributed by atoms with E-state index in [0.717, 1.165) is 25.7 Å². The molecular weight excluding hydrogens is 305 g/mol. The lowest BCUT2D eigenvalue weighted by Gasteiger charge is -2.57. The van der Waals surface area contributed by atoms with Crippen molar-refractivity contribution in [2.24, 2.45) is 22.7 Å². The average Bonchev–Trinajstić information content (AvgIpc) is 2.78. The molecule has 0 aliphatic heterocycles. The fourth-order valence-electron chi connectivity index (χ4n) is 6.39. The predicted molar refractivity (Wildman–Crippen MR) is 92.2 cm³/mol. The summed E-state index contributed by atoms with van der Waals surface area (Å²) < 4.78 is 14.4. The zero-order chi connectivity index (χ0) is 17.3. The van der Waals surface area contributed by atoms with Gasteiger partial charge in [0.15, 0.2) is 0 Å². The first-order chi connectivity index (χ1) is 11.3. The monoisotopic (exact) mass is 335 g/mol. The van der Waals surface area contributed by atoms with Gasteiger partial charge in [-0.15, -0.1) is 0 Å². The normalized spacial score (nSPS) is 53.6. The van der Waals surface area contributed by atoms with E-state index in [4.69, 9.17) is 0 Å². The third kappa shape index (κ3) is 2.06. The molecule has 0 bridgehead atoms. The number of halogens is 1. The van der Waals surface area contributed by atoms with Crippen LogP contribution in [0.2, 0.25) is 0 Å². The Morgan fingerprint density at radius 1 is 1.25 bits per heavy atom. The van der Waals surface area contributed by atoms with Crippen molar-refractivity contribution in [1.82, 2.24) is 5.32 Å². The average molecular weight is 335 g/mol. The molecule has 8 atom stereocenters. The van der Waals surface area contributed by atoms with Gasteiger partial charge in [-0.25, -0.2) is 4.39 Å². The van der Waals surface area contributed by atoms with E-state index in [1.165, 1.54) is 11.1 Å². The summed E-state index contributed by atoms with van der Waals surface area (Å²) in [4.78, 5) is 0. The van der Waals surface area contributed by atoms with E-state index in [1.54, 1.807) is 0 Å². The smallest absolute Gasteiger partial charge is 0.127 e. The van der Waals surface area contributed by atoms with Gasteiger partial charge in [-0.05, 0) is 50.5 Å². The summed E-state index contributed by atoms with van der Waals surface area (Å²) in [6.45, 7) is 4.39. The number of alkyl halides is 1. The zero-order valence-corrected chi connectivity index (χ0v) is 14.9. The zero-order valence-electron chi connectivity index (χ0n) is 14.9. The number of fused-ring (bicyclic) bond motifs is 5. The first-order valence-corrected chi connectivity index (χ1v) is 9.40. The Balaban J connectivity index is 1.80. The highest BCUT2D eigenvalue weighted by Crippen LogP contribution is 2.63. The number of hydrogen-bond donors (Lipinski definition) is 3. The van der Waals surface area contributed by atoms with E-state index >= 15 is 0 Å². The molecule has 0 spiro atoms. The highest BCUT2D eigenvalue weighted by molar-refractivity contribution is 5.41. The fraction of sp³-hybridized carbons (Fsp3) is 0.800. The summed E-state index contributed by atoms with van der Waals surface area (Å²) >= 11 is 0. The lowest BCUT2D eigenvalue weighted by Crippen LogP contribution is -2.56. The first kappa shape index (κ1) is 16.7. The molecule has 4 rings (SSSR count). The number of aliphatic hydroxyl groups excluding tert-OH is 2. The number of nitrogens with one attached hydrogen (secondary N) is 1. The Bertz CT molecular complexity index is 602. The fourth-order valence-corrected chi connectivity index (χ4v) is 6.39. The van der Waals surface area contributed by atoms with Gasteiger partial charge in [-0.1, -0.05) is 37.1 Å². The predicted octanol–water partition coefficient (Wildman–Crippen LogP) is 2.74. The molecule has 0 radical (unpaired) electrons. The van der Waals surface area contributed by atoms with Gasteiger partial charge in [0.2, 0.25) is 0 Å². The molecule has 4 unspecified atom stereocenters. The maximum Gasteiger partial charge on any atom is 0.127 e. The molecular formula is C20H30FNO2. The minimum absolute atomic E-state index is 0.0394. The minimum Gasteiger partial charge on any atom is -0.393 e. The number of hydrogen-bond acceptors (Lipinski definition) is 3. The Morgan fingerprint density at radius 2 is 2.00 bits per heavy atom. The Kier molecular flexibility index (Phi) is 3.76. The van der Waals surface area contributed by atoms with E-state index in [0.29, 0.717) is 12.3 Å². The molecule has 4 aliphatic rings. The third-order valence-electron chi connectivity index (χ3n) is 7.82. The topological polar surface area (TPSA) is 52.5 Å². The van der Waals surface area contributed by atoms with Gasteiger partial charge in [0, 0.05) is 17.4 Å². The van der Waals surface area contributed by atoms with Crippen LogP contribution in [0.15, 0.2) is 23.3 Å². The highest BCUT2D eigenvalue weighted by atomic mass is 19.1. The second-order valence-corrected chi connectivity index (χ2v) is 9.00. The molecule has 4 aliphatic carbocycles. The second-order valence-electron chi connectivity index (χ2n) is 9.00. The lowest BCUT2D eigenvalue weighted by molar-refractivity contribution is -0.0298. The molecule has 0 amide bonds. The highest BCUT2D eigenvalue weighted by Gasteiger charge is 2.61. The SMILES string of the molecule is CNC1C[C@]2(C)C(O)C(F)C[C@H]2C2=CC=C3CC(O)CC[C@]3(C)[C@@H]21. The Labute approximate surface area is 144 Å². The van der Waals surface area contributed by atoms with Gasteiger partial charge in [0.05, 0.1) is 12.2 Å². The van der Waals surface area contributed by atoms with E-state index in [-0.39, 0.29) is 28.9 Å². The van der Waals surface area contributed by atoms with Crippen LogP contribution < -0.4 is 5.32 Å². The van der Waals surface area contributed by atoms with Crippen LogP contribution in [0.3, 0.4) is 0 Å². The van der Waals surface area contributed by atoms with Crippen molar-refractivity contribution in [3.63, 3.8) is 0 Å². The molecule has 3 fully saturated rings. The van der Waals surface area contributed by atoms with Crippen LogP contribution in [0.1, 0.15) is 46.0 Å². The van der Waals surface area contributed by atoms with Crippen molar-refractivity contribution in [3.8, 4) is 0 Å². The van der Waals surface area contributed by atoms with Crippen LogP contribution in [-0.4, -0.2) is 41.7 Å². The number of rotatable bonds is 1.